The van der Waals surface area contributed by atoms with Crippen LogP contribution >= 0.6 is 0 Å². The minimum absolute atomic E-state index is 0.0926. The second-order valence-corrected chi connectivity index (χ2v) is 5.18. The topological polar surface area (TPSA) is 65.8 Å². The molecule has 21 heavy (non-hydrogen) atoms. The van der Waals surface area contributed by atoms with Crippen molar-refractivity contribution in [3.63, 3.8) is 0 Å². The van der Waals surface area contributed by atoms with Crippen molar-refractivity contribution in [1.29, 1.82) is 0 Å². The molecular formula is C15H14N4O2. The van der Waals surface area contributed by atoms with Crippen molar-refractivity contribution in [1.82, 2.24) is 19.3 Å². The van der Waals surface area contributed by atoms with E-state index >= 15 is 0 Å². The smallest absolute Gasteiger partial charge is 0.267 e. The van der Waals surface area contributed by atoms with Crippen LogP contribution in [0.3, 0.4) is 0 Å². The maximum absolute atomic E-state index is 12.0. The molecule has 4 rings (SSSR count). The fraction of sp³-hybridized carbons (Fsp3) is 0.267. The van der Waals surface area contributed by atoms with Crippen LogP contribution in [0.25, 0.3) is 5.82 Å². The molecule has 6 heteroatoms. The van der Waals surface area contributed by atoms with E-state index in [1.165, 1.54) is 6.07 Å². The molecule has 0 saturated heterocycles. The highest BCUT2D eigenvalue weighted by atomic mass is 16.4. The first-order chi connectivity index (χ1) is 10.3. The van der Waals surface area contributed by atoms with Crippen LogP contribution in [0.5, 0.6) is 0 Å². The molecule has 0 aliphatic heterocycles. The van der Waals surface area contributed by atoms with E-state index in [0.29, 0.717) is 24.0 Å². The fourth-order valence-corrected chi connectivity index (χ4v) is 2.31. The van der Waals surface area contributed by atoms with Gasteiger partial charge in [-0.2, -0.15) is 0 Å². The van der Waals surface area contributed by atoms with Crippen LogP contribution in [-0.2, 0) is 6.54 Å². The second kappa shape index (κ2) is 4.73. The Balaban J connectivity index is 1.68. The number of nitrogens with zero attached hydrogens (tertiary/aromatic N) is 4. The molecule has 3 aromatic heterocycles. The summed E-state index contributed by atoms with van der Waals surface area (Å²) in [6, 6.07) is 7.10. The van der Waals surface area contributed by atoms with E-state index in [2.05, 4.69) is 9.97 Å². The molecule has 0 atom stereocenters. The summed E-state index contributed by atoms with van der Waals surface area (Å²) in [6.07, 6.45) is 7.40. The van der Waals surface area contributed by atoms with Crippen LogP contribution in [-0.4, -0.2) is 19.3 Å². The Kier molecular flexibility index (Phi) is 2.73. The quantitative estimate of drug-likeness (QED) is 0.733. The summed E-state index contributed by atoms with van der Waals surface area (Å²) in [7, 11) is 0. The van der Waals surface area contributed by atoms with Crippen LogP contribution in [0.15, 0.2) is 52.1 Å². The summed E-state index contributed by atoms with van der Waals surface area (Å²) in [6.45, 7) is 0.349. The van der Waals surface area contributed by atoms with Crippen molar-refractivity contribution >= 4 is 0 Å². The first kappa shape index (κ1) is 12.1. The third kappa shape index (κ3) is 2.29. The van der Waals surface area contributed by atoms with Crippen LogP contribution < -0.4 is 5.56 Å². The van der Waals surface area contributed by atoms with Gasteiger partial charge in [0.05, 0.1) is 6.20 Å². The summed E-state index contributed by atoms with van der Waals surface area (Å²) in [5, 5.41) is 0. The van der Waals surface area contributed by atoms with E-state index < -0.39 is 0 Å². The number of oxazole rings is 1. The number of hydrogen-bond acceptors (Lipinski definition) is 4. The van der Waals surface area contributed by atoms with Gasteiger partial charge in [0.15, 0.2) is 11.7 Å². The highest BCUT2D eigenvalue weighted by Crippen LogP contribution is 2.39. The molecule has 6 nitrogen and oxygen atoms in total. The number of aromatic nitrogens is 4. The number of hydrogen-bond donors (Lipinski definition) is 0. The maximum atomic E-state index is 12.0. The third-order valence-electron chi connectivity index (χ3n) is 3.56. The SMILES string of the molecule is O=c1ccn(-c2ccccn2)n1Cc1cnc(C2CC2)o1. The van der Waals surface area contributed by atoms with Crippen molar-refractivity contribution in [2.75, 3.05) is 0 Å². The molecule has 0 amide bonds. The van der Waals surface area contributed by atoms with Crippen LogP contribution in [0.4, 0.5) is 0 Å². The third-order valence-corrected chi connectivity index (χ3v) is 3.56. The lowest BCUT2D eigenvalue weighted by Crippen LogP contribution is -2.22. The predicted molar refractivity (Wildman–Crippen MR) is 75.4 cm³/mol. The van der Waals surface area contributed by atoms with Crippen LogP contribution in [0.1, 0.15) is 30.4 Å². The lowest BCUT2D eigenvalue weighted by Gasteiger charge is -2.09. The van der Waals surface area contributed by atoms with E-state index in [-0.39, 0.29) is 5.56 Å². The second-order valence-electron chi connectivity index (χ2n) is 5.18. The fourth-order valence-electron chi connectivity index (χ4n) is 2.31. The molecule has 0 spiro atoms. The average Bonchev–Trinajstić information content (AvgIpc) is 3.16. The number of rotatable bonds is 4. The normalized spacial score (nSPS) is 14.5. The van der Waals surface area contributed by atoms with Gasteiger partial charge in [-0.05, 0) is 25.0 Å². The van der Waals surface area contributed by atoms with Gasteiger partial charge in [0.2, 0.25) is 0 Å². The van der Waals surface area contributed by atoms with Crippen molar-refractivity contribution in [3.8, 4) is 5.82 Å². The summed E-state index contributed by atoms with van der Waals surface area (Å²) in [4.78, 5) is 20.6. The molecule has 0 unspecified atom stereocenters. The van der Waals surface area contributed by atoms with Gasteiger partial charge in [-0.25, -0.2) is 19.3 Å². The van der Waals surface area contributed by atoms with Crippen molar-refractivity contribution < 1.29 is 4.42 Å². The molecule has 1 aliphatic carbocycles. The Morgan fingerprint density at radius 1 is 1.24 bits per heavy atom. The van der Waals surface area contributed by atoms with Gasteiger partial charge in [-0.3, -0.25) is 4.79 Å². The Morgan fingerprint density at radius 3 is 2.90 bits per heavy atom. The van der Waals surface area contributed by atoms with Gasteiger partial charge >= 0.3 is 0 Å². The monoisotopic (exact) mass is 282 g/mol. The number of pyridine rings is 1. The minimum atomic E-state index is -0.0926. The zero-order chi connectivity index (χ0) is 14.2. The molecule has 3 aromatic rings. The zero-order valence-electron chi connectivity index (χ0n) is 11.3. The molecule has 1 saturated carbocycles. The highest BCUT2D eigenvalue weighted by Gasteiger charge is 2.28. The summed E-state index contributed by atoms with van der Waals surface area (Å²) in [5.74, 6) is 2.64. The Bertz CT molecular complexity index is 812. The molecule has 0 aromatic carbocycles. The van der Waals surface area contributed by atoms with Crippen molar-refractivity contribution in [2.45, 2.75) is 25.3 Å². The van der Waals surface area contributed by atoms with E-state index in [4.69, 9.17) is 4.42 Å². The largest absolute Gasteiger partial charge is 0.443 e. The lowest BCUT2D eigenvalue weighted by molar-refractivity contribution is 0.425. The standard InChI is InChI=1S/C15H14N4O2/c20-14-6-8-18(13-3-1-2-7-16-13)19(14)10-12-9-17-15(21-12)11-4-5-11/h1-3,6-9,11H,4-5,10H2. The van der Waals surface area contributed by atoms with Gasteiger partial charge in [0.1, 0.15) is 12.3 Å². The zero-order valence-corrected chi connectivity index (χ0v) is 11.3. The Labute approximate surface area is 120 Å². The van der Waals surface area contributed by atoms with E-state index in [1.807, 2.05) is 18.2 Å². The summed E-state index contributed by atoms with van der Waals surface area (Å²) in [5.41, 5.74) is -0.0926. The van der Waals surface area contributed by atoms with Gasteiger partial charge in [0, 0.05) is 24.4 Å². The summed E-state index contributed by atoms with van der Waals surface area (Å²) >= 11 is 0. The van der Waals surface area contributed by atoms with E-state index in [1.54, 1.807) is 28.0 Å². The van der Waals surface area contributed by atoms with E-state index in [0.717, 1.165) is 18.7 Å². The van der Waals surface area contributed by atoms with Gasteiger partial charge in [-0.1, -0.05) is 6.07 Å². The highest BCUT2D eigenvalue weighted by molar-refractivity contribution is 5.20. The molecule has 0 radical (unpaired) electrons. The van der Waals surface area contributed by atoms with Crippen LogP contribution in [0.2, 0.25) is 0 Å². The molecule has 0 N–H and O–H groups in total. The molecule has 106 valence electrons. The molecule has 0 bridgehead atoms. The van der Waals surface area contributed by atoms with Gasteiger partial charge < -0.3 is 4.42 Å². The van der Waals surface area contributed by atoms with Gasteiger partial charge in [0.25, 0.3) is 5.56 Å². The molecule has 3 heterocycles. The molecular weight excluding hydrogens is 268 g/mol. The van der Waals surface area contributed by atoms with Crippen LogP contribution in [0, 0.1) is 0 Å². The van der Waals surface area contributed by atoms with Gasteiger partial charge in [-0.15, -0.1) is 0 Å². The first-order valence-electron chi connectivity index (χ1n) is 6.96. The summed E-state index contributed by atoms with van der Waals surface area (Å²) < 4.78 is 9.03. The molecule has 1 aliphatic rings. The van der Waals surface area contributed by atoms with E-state index in [9.17, 15) is 4.79 Å². The molecule has 1 fully saturated rings. The lowest BCUT2D eigenvalue weighted by atomic mass is 10.4. The predicted octanol–water partition coefficient (Wildman–Crippen LogP) is 1.95. The minimum Gasteiger partial charge on any atom is -0.443 e. The average molecular weight is 282 g/mol. The Hall–Kier alpha value is -2.63. The van der Waals surface area contributed by atoms with Crippen molar-refractivity contribution in [2.24, 2.45) is 0 Å². The maximum Gasteiger partial charge on any atom is 0.267 e. The first-order valence-corrected chi connectivity index (χ1v) is 6.96. The van der Waals surface area contributed by atoms with Crippen molar-refractivity contribution in [3.05, 3.63) is 64.9 Å². The Morgan fingerprint density at radius 2 is 2.14 bits per heavy atom.